The summed E-state index contributed by atoms with van der Waals surface area (Å²) in [6.45, 7) is 5.03. The monoisotopic (exact) mass is 276 g/mol. The fraction of sp³-hybridized carbons (Fsp3) is 1.00. The molecule has 0 aromatic heterocycles. The Labute approximate surface area is 124 Å². The maximum absolute atomic E-state index is 3.97. The van der Waals surface area contributed by atoms with Gasteiger partial charge < -0.3 is 10.2 Å². The highest BCUT2D eigenvalue weighted by Gasteiger charge is 2.52. The lowest BCUT2D eigenvalue weighted by molar-refractivity contribution is -0.0708. The van der Waals surface area contributed by atoms with Crippen LogP contribution in [0.3, 0.4) is 0 Å². The highest BCUT2D eigenvalue weighted by Crippen LogP contribution is 2.61. The van der Waals surface area contributed by atoms with E-state index in [-0.39, 0.29) is 0 Å². The van der Waals surface area contributed by atoms with E-state index in [4.69, 9.17) is 0 Å². The van der Waals surface area contributed by atoms with Gasteiger partial charge in [0.2, 0.25) is 0 Å². The molecule has 2 unspecified atom stereocenters. The van der Waals surface area contributed by atoms with Gasteiger partial charge in [0.25, 0.3) is 0 Å². The van der Waals surface area contributed by atoms with E-state index in [1.807, 2.05) is 0 Å². The maximum atomic E-state index is 3.97. The van der Waals surface area contributed by atoms with Crippen molar-refractivity contribution in [1.82, 2.24) is 10.2 Å². The Hall–Kier alpha value is -0.0800. The van der Waals surface area contributed by atoms with Gasteiger partial charge in [-0.15, -0.1) is 0 Å². The predicted octanol–water partition coefficient (Wildman–Crippen LogP) is 3.28. The number of likely N-dealkylation sites (tertiary alicyclic amines) is 1. The molecule has 1 aliphatic heterocycles. The summed E-state index contributed by atoms with van der Waals surface area (Å²) in [4.78, 5) is 2.55. The topological polar surface area (TPSA) is 15.3 Å². The highest BCUT2D eigenvalue weighted by molar-refractivity contribution is 5.05. The first-order valence-corrected chi connectivity index (χ1v) is 9.08. The highest BCUT2D eigenvalue weighted by atomic mass is 15.2. The largest absolute Gasteiger partial charge is 0.312 e. The molecular weight excluding hydrogens is 244 g/mol. The zero-order chi connectivity index (χ0) is 13.7. The third-order valence-corrected chi connectivity index (χ3v) is 7.34. The zero-order valence-electron chi connectivity index (χ0n) is 13.4. The summed E-state index contributed by atoms with van der Waals surface area (Å²) in [5, 5.41) is 3.97. The predicted molar refractivity (Wildman–Crippen MR) is 83.7 cm³/mol. The molecule has 4 aliphatic carbocycles. The molecule has 1 heterocycles. The van der Waals surface area contributed by atoms with Crippen molar-refractivity contribution in [3.05, 3.63) is 0 Å². The third kappa shape index (κ3) is 2.23. The minimum atomic E-state index is 0.673. The van der Waals surface area contributed by atoms with E-state index in [1.165, 1.54) is 45.2 Å². The van der Waals surface area contributed by atoms with E-state index in [2.05, 4.69) is 24.2 Å². The molecule has 4 bridgehead atoms. The molecule has 4 saturated carbocycles. The molecule has 0 spiro atoms. The van der Waals surface area contributed by atoms with Crippen LogP contribution in [0, 0.1) is 23.2 Å². The third-order valence-electron chi connectivity index (χ3n) is 7.34. The molecule has 20 heavy (non-hydrogen) atoms. The van der Waals surface area contributed by atoms with Crippen LogP contribution in [-0.2, 0) is 0 Å². The quantitative estimate of drug-likeness (QED) is 0.848. The molecule has 5 aliphatic rings. The molecule has 5 fully saturated rings. The summed E-state index contributed by atoms with van der Waals surface area (Å²) >= 11 is 0. The van der Waals surface area contributed by atoms with Crippen LogP contribution in [0.1, 0.15) is 58.3 Å². The van der Waals surface area contributed by atoms with Crippen LogP contribution in [0.4, 0.5) is 0 Å². The maximum Gasteiger partial charge on any atom is 0.0218 e. The first-order valence-electron chi connectivity index (χ1n) is 9.08. The van der Waals surface area contributed by atoms with Crippen molar-refractivity contribution in [1.29, 1.82) is 0 Å². The van der Waals surface area contributed by atoms with Crippen molar-refractivity contribution in [2.75, 3.05) is 20.1 Å². The summed E-state index contributed by atoms with van der Waals surface area (Å²) < 4.78 is 0. The van der Waals surface area contributed by atoms with Crippen molar-refractivity contribution in [2.45, 2.75) is 70.4 Å². The van der Waals surface area contributed by atoms with Crippen LogP contribution < -0.4 is 5.32 Å². The fourth-order valence-corrected chi connectivity index (χ4v) is 6.47. The summed E-state index contributed by atoms with van der Waals surface area (Å²) in [6.07, 6.45) is 12.1. The van der Waals surface area contributed by atoms with E-state index < -0.39 is 0 Å². The summed E-state index contributed by atoms with van der Waals surface area (Å²) in [5.74, 6) is 3.25. The number of nitrogens with zero attached hydrogens (tertiary/aromatic N) is 1. The fourth-order valence-electron chi connectivity index (χ4n) is 6.47. The minimum absolute atomic E-state index is 0.673. The molecule has 0 aromatic carbocycles. The SMILES string of the molecule is CC(NCC1CCCN1C)C12CC3CC(CC(C3)C1)C2. The Morgan fingerprint density at radius 2 is 1.70 bits per heavy atom. The van der Waals surface area contributed by atoms with Gasteiger partial charge in [0.05, 0.1) is 0 Å². The molecule has 0 amide bonds. The molecule has 1 N–H and O–H groups in total. The summed E-state index contributed by atoms with van der Waals surface area (Å²) in [7, 11) is 2.30. The molecule has 2 nitrogen and oxygen atoms in total. The molecule has 5 rings (SSSR count). The zero-order valence-corrected chi connectivity index (χ0v) is 13.4. The summed E-state index contributed by atoms with van der Waals surface area (Å²) in [5.41, 5.74) is 0.673. The lowest BCUT2D eigenvalue weighted by Gasteiger charge is -2.59. The van der Waals surface area contributed by atoms with Crippen LogP contribution in [0.25, 0.3) is 0 Å². The van der Waals surface area contributed by atoms with Crippen molar-refractivity contribution in [2.24, 2.45) is 23.2 Å². The lowest BCUT2D eigenvalue weighted by atomic mass is 9.48. The first-order chi connectivity index (χ1) is 9.64. The average Bonchev–Trinajstić information content (AvgIpc) is 2.80. The van der Waals surface area contributed by atoms with Gasteiger partial charge >= 0.3 is 0 Å². The Morgan fingerprint density at radius 3 is 2.20 bits per heavy atom. The number of rotatable bonds is 4. The van der Waals surface area contributed by atoms with Gasteiger partial charge in [0, 0.05) is 18.6 Å². The van der Waals surface area contributed by atoms with Gasteiger partial charge in [0.1, 0.15) is 0 Å². The second kappa shape index (κ2) is 4.98. The Morgan fingerprint density at radius 1 is 1.10 bits per heavy atom. The number of nitrogens with one attached hydrogen (secondary N) is 1. The van der Waals surface area contributed by atoms with E-state index in [1.54, 1.807) is 19.3 Å². The Balaban J connectivity index is 1.39. The molecule has 1 saturated heterocycles. The molecular formula is C18H32N2. The molecule has 114 valence electrons. The van der Waals surface area contributed by atoms with Gasteiger partial charge in [-0.2, -0.15) is 0 Å². The van der Waals surface area contributed by atoms with Crippen molar-refractivity contribution < 1.29 is 0 Å². The van der Waals surface area contributed by atoms with Gasteiger partial charge in [0.15, 0.2) is 0 Å². The number of hydrogen-bond acceptors (Lipinski definition) is 2. The van der Waals surface area contributed by atoms with Gasteiger partial charge in [-0.25, -0.2) is 0 Å². The van der Waals surface area contributed by atoms with Gasteiger partial charge in [-0.05, 0) is 95.1 Å². The Bertz CT molecular complexity index is 329. The van der Waals surface area contributed by atoms with E-state index in [0.717, 1.165) is 29.8 Å². The number of hydrogen-bond donors (Lipinski definition) is 1. The van der Waals surface area contributed by atoms with Crippen molar-refractivity contribution in [3.63, 3.8) is 0 Å². The van der Waals surface area contributed by atoms with Crippen LogP contribution in [0.5, 0.6) is 0 Å². The second-order valence-electron chi connectivity index (χ2n) is 8.69. The normalized spacial score (nSPS) is 48.9. The lowest BCUT2D eigenvalue weighted by Crippen LogP contribution is -2.56. The number of likely N-dealkylation sites (N-methyl/N-ethyl adjacent to an activating group) is 1. The van der Waals surface area contributed by atoms with Crippen LogP contribution >= 0.6 is 0 Å². The van der Waals surface area contributed by atoms with Gasteiger partial charge in [-0.3, -0.25) is 0 Å². The molecule has 0 aromatic rings. The second-order valence-corrected chi connectivity index (χ2v) is 8.69. The Kier molecular flexibility index (Phi) is 3.38. The van der Waals surface area contributed by atoms with E-state index in [0.29, 0.717) is 5.41 Å². The minimum Gasteiger partial charge on any atom is -0.312 e. The molecule has 2 atom stereocenters. The average molecular weight is 276 g/mol. The van der Waals surface area contributed by atoms with Gasteiger partial charge in [-0.1, -0.05) is 0 Å². The van der Waals surface area contributed by atoms with Crippen LogP contribution in [0.2, 0.25) is 0 Å². The van der Waals surface area contributed by atoms with Crippen molar-refractivity contribution >= 4 is 0 Å². The molecule has 2 heteroatoms. The molecule has 0 radical (unpaired) electrons. The smallest absolute Gasteiger partial charge is 0.0218 e. The standard InChI is InChI=1S/C18H32N2/c1-13(19-12-17-4-3-5-20(17)2)18-9-14-6-15(10-18)8-16(7-14)11-18/h13-17,19H,3-12H2,1-2H3. The van der Waals surface area contributed by atoms with Crippen LogP contribution in [-0.4, -0.2) is 37.1 Å². The van der Waals surface area contributed by atoms with Crippen LogP contribution in [0.15, 0.2) is 0 Å². The van der Waals surface area contributed by atoms with Crippen molar-refractivity contribution in [3.8, 4) is 0 Å². The summed E-state index contributed by atoms with van der Waals surface area (Å²) in [6, 6.07) is 1.54. The van der Waals surface area contributed by atoms with E-state index >= 15 is 0 Å². The first kappa shape index (κ1) is 13.6. The van der Waals surface area contributed by atoms with E-state index in [9.17, 15) is 0 Å².